The zero-order valence-corrected chi connectivity index (χ0v) is 33.5. The Kier molecular flexibility index (Phi) is 23.3. The van der Waals surface area contributed by atoms with Crippen LogP contribution in [0.25, 0.3) is 0 Å². The largest absolute Gasteiger partial charge is 0.508 e. The Balaban J connectivity index is 0.00000201. The molecule has 0 radical (unpaired) electrons. The number of nitrogens with one attached hydrogen (secondary N) is 2. The molecule has 1 aliphatic heterocycles. The number of carbonyl (C=O) groups excluding carboxylic acids is 4. The molecule has 1 aliphatic rings. The van der Waals surface area contributed by atoms with Crippen molar-refractivity contribution in [1.29, 1.82) is 0 Å². The number of hydrogen-bond acceptors (Lipinski definition) is 10. The maximum Gasteiger partial charge on any atom is 0.242 e. The highest BCUT2D eigenvalue weighted by Gasteiger charge is 2.42. The third-order valence-corrected chi connectivity index (χ3v) is 9.21. The molecule has 2 rings (SSSR count). The smallest absolute Gasteiger partial charge is 0.242 e. The monoisotopic (exact) mass is 740 g/mol. The molecule has 52 heavy (non-hydrogen) atoms. The van der Waals surface area contributed by atoms with Gasteiger partial charge in [0, 0.05) is 34.4 Å². The lowest BCUT2D eigenvalue weighted by molar-refractivity contribution is -0.145. The molecule has 7 unspecified atom stereocenters. The minimum atomic E-state index is -1.45. The highest BCUT2D eigenvalue weighted by atomic mass is 16.5. The SMILES string of the molecule is CCC.CCC(C)C(C(CC(=O)N1CCCC1C(OC)C(C)C(=O)NCCO)OC)N(C)C(=O)CNC(=O)C(N)C(C)(C)O.Cc1ccc(O)cc1. The third-order valence-electron chi connectivity index (χ3n) is 9.21. The lowest BCUT2D eigenvalue weighted by atomic mass is 9.90. The van der Waals surface area contributed by atoms with Gasteiger partial charge in [0.15, 0.2) is 0 Å². The topological polar surface area (TPSA) is 204 Å². The van der Waals surface area contributed by atoms with E-state index >= 15 is 0 Å². The lowest BCUT2D eigenvalue weighted by Gasteiger charge is -2.39. The first-order valence-corrected chi connectivity index (χ1v) is 18.4. The van der Waals surface area contributed by atoms with Crippen LogP contribution in [0.15, 0.2) is 24.3 Å². The molecule has 7 atom stereocenters. The molecule has 0 aromatic heterocycles. The molecule has 14 heteroatoms. The van der Waals surface area contributed by atoms with Crippen molar-refractivity contribution in [2.75, 3.05) is 47.5 Å². The fourth-order valence-corrected chi connectivity index (χ4v) is 5.93. The molecule has 300 valence electrons. The quantitative estimate of drug-likeness (QED) is 0.138. The van der Waals surface area contributed by atoms with Gasteiger partial charge >= 0.3 is 0 Å². The molecule has 14 nitrogen and oxygen atoms in total. The second-order valence-electron chi connectivity index (χ2n) is 14.1. The molecule has 1 fully saturated rings. The summed E-state index contributed by atoms with van der Waals surface area (Å²) in [5, 5.41) is 32.9. The molecule has 0 spiro atoms. The molecular formula is C38H69N5O9. The number of nitrogens with two attached hydrogens (primary N) is 1. The number of methoxy groups -OCH3 is 2. The number of phenols is 1. The number of carbonyl (C=O) groups is 4. The van der Waals surface area contributed by atoms with Gasteiger partial charge in [-0.1, -0.05) is 65.2 Å². The third kappa shape index (κ3) is 16.2. The van der Waals surface area contributed by atoms with Crippen molar-refractivity contribution in [3.05, 3.63) is 29.8 Å². The maximum absolute atomic E-state index is 13.7. The Hall–Kier alpha value is -3.30. The van der Waals surface area contributed by atoms with Crippen LogP contribution in [0.1, 0.15) is 86.1 Å². The molecule has 7 N–H and O–H groups in total. The van der Waals surface area contributed by atoms with E-state index < -0.39 is 41.7 Å². The Morgan fingerprint density at radius 3 is 2.08 bits per heavy atom. The molecule has 0 bridgehead atoms. The minimum Gasteiger partial charge on any atom is -0.508 e. The first kappa shape index (κ1) is 48.7. The summed E-state index contributed by atoms with van der Waals surface area (Å²) in [4.78, 5) is 54.9. The Morgan fingerprint density at radius 1 is 1.04 bits per heavy atom. The van der Waals surface area contributed by atoms with E-state index in [1.807, 2.05) is 32.9 Å². The number of aromatic hydroxyl groups is 1. The molecule has 1 heterocycles. The van der Waals surface area contributed by atoms with Crippen molar-refractivity contribution in [2.45, 2.75) is 123 Å². The van der Waals surface area contributed by atoms with E-state index in [0.717, 1.165) is 6.42 Å². The number of aryl methyl sites for hydroxylation is 1. The van der Waals surface area contributed by atoms with Crippen molar-refractivity contribution >= 4 is 23.6 Å². The summed E-state index contributed by atoms with van der Waals surface area (Å²) >= 11 is 0. The van der Waals surface area contributed by atoms with Gasteiger partial charge in [-0.2, -0.15) is 0 Å². The fourth-order valence-electron chi connectivity index (χ4n) is 5.93. The van der Waals surface area contributed by atoms with Gasteiger partial charge in [-0.25, -0.2) is 0 Å². The molecule has 0 saturated carbocycles. The van der Waals surface area contributed by atoms with Crippen LogP contribution in [0.3, 0.4) is 0 Å². The summed E-state index contributed by atoms with van der Waals surface area (Å²) in [6.45, 7) is 14.9. The number of amides is 4. The van der Waals surface area contributed by atoms with Crippen molar-refractivity contribution in [2.24, 2.45) is 17.6 Å². The summed E-state index contributed by atoms with van der Waals surface area (Å²) in [6.07, 6.45) is 2.25. The Morgan fingerprint density at radius 2 is 1.62 bits per heavy atom. The summed E-state index contributed by atoms with van der Waals surface area (Å²) in [5.41, 5.74) is 5.50. The predicted molar refractivity (Wildman–Crippen MR) is 202 cm³/mol. The van der Waals surface area contributed by atoms with Crippen LogP contribution >= 0.6 is 0 Å². The minimum absolute atomic E-state index is 0.0110. The van der Waals surface area contributed by atoms with E-state index in [1.54, 1.807) is 31.0 Å². The van der Waals surface area contributed by atoms with Gasteiger partial charge in [0.05, 0.1) is 55.4 Å². The van der Waals surface area contributed by atoms with Crippen LogP contribution in [0.2, 0.25) is 0 Å². The van der Waals surface area contributed by atoms with Crippen molar-refractivity contribution in [3.63, 3.8) is 0 Å². The van der Waals surface area contributed by atoms with E-state index in [2.05, 4.69) is 24.5 Å². The Labute approximate surface area is 311 Å². The number of aliphatic hydroxyl groups excluding tert-OH is 1. The summed E-state index contributed by atoms with van der Waals surface area (Å²) in [5.74, 6) is -1.70. The zero-order valence-electron chi connectivity index (χ0n) is 33.5. The average molecular weight is 740 g/mol. The highest BCUT2D eigenvalue weighted by Crippen LogP contribution is 2.29. The van der Waals surface area contributed by atoms with E-state index in [0.29, 0.717) is 25.1 Å². The molecule has 1 aromatic rings. The number of aliphatic hydroxyl groups is 2. The number of likely N-dealkylation sites (N-methyl/N-ethyl adjacent to an activating group) is 1. The number of likely N-dealkylation sites (tertiary alicyclic amines) is 1. The van der Waals surface area contributed by atoms with Crippen molar-refractivity contribution < 1.29 is 44.0 Å². The van der Waals surface area contributed by atoms with Crippen molar-refractivity contribution in [3.8, 4) is 5.75 Å². The van der Waals surface area contributed by atoms with E-state index in [-0.39, 0.29) is 55.8 Å². The predicted octanol–water partition coefficient (Wildman–Crippen LogP) is 2.35. The number of nitrogens with zero attached hydrogens (tertiary/aromatic N) is 2. The van der Waals surface area contributed by atoms with Gasteiger partial charge in [0.2, 0.25) is 23.6 Å². The second-order valence-corrected chi connectivity index (χ2v) is 14.1. The van der Waals surface area contributed by atoms with E-state index in [9.17, 15) is 24.3 Å². The number of hydrogen-bond donors (Lipinski definition) is 6. The number of rotatable bonds is 17. The second kappa shape index (κ2) is 24.9. The molecule has 1 aromatic carbocycles. The van der Waals surface area contributed by atoms with Crippen LogP contribution in [-0.4, -0.2) is 132 Å². The lowest BCUT2D eigenvalue weighted by Crippen LogP contribution is -2.57. The van der Waals surface area contributed by atoms with Gasteiger partial charge in [0.1, 0.15) is 11.8 Å². The first-order valence-electron chi connectivity index (χ1n) is 18.4. The number of phenolic OH excluding ortho intramolecular Hbond substituents is 1. The standard InChI is InChI=1S/C28H53N5O8.C7H8O.C3H8/c1-9-17(2)23(32(6)22(36)16-31-27(38)25(29)28(4,5)39)20(40-7)15-21(35)33-13-10-11-19(33)24(41-8)18(3)26(37)30-12-14-34;1-6-2-4-7(8)5-3-6;1-3-2/h17-20,23-25,34,39H,9-16,29H2,1-8H3,(H,30,37)(H,31,38);2-5,8H,1H3;3H2,1-2H3. The van der Waals surface area contributed by atoms with Crippen LogP contribution in [0.5, 0.6) is 5.75 Å². The number of benzene rings is 1. The van der Waals surface area contributed by atoms with Gasteiger partial charge in [-0.05, 0) is 51.7 Å². The van der Waals surface area contributed by atoms with Gasteiger partial charge in [-0.3, -0.25) is 19.2 Å². The first-order chi connectivity index (χ1) is 24.4. The summed E-state index contributed by atoms with van der Waals surface area (Å²) in [7, 11) is 4.64. The number of ether oxygens (including phenoxy) is 2. The Bertz CT molecular complexity index is 1170. The van der Waals surface area contributed by atoms with Crippen LogP contribution < -0.4 is 16.4 Å². The maximum atomic E-state index is 13.7. The summed E-state index contributed by atoms with van der Waals surface area (Å²) < 4.78 is 11.5. The molecule has 0 aliphatic carbocycles. The van der Waals surface area contributed by atoms with E-state index in [1.165, 1.54) is 45.0 Å². The van der Waals surface area contributed by atoms with Gasteiger partial charge < -0.3 is 51.0 Å². The normalized spacial score (nSPS) is 17.5. The molecular weight excluding hydrogens is 670 g/mol. The fraction of sp³-hybridized carbons (Fsp3) is 0.737. The average Bonchev–Trinajstić information content (AvgIpc) is 3.59. The van der Waals surface area contributed by atoms with Crippen molar-refractivity contribution in [1.82, 2.24) is 20.4 Å². The van der Waals surface area contributed by atoms with Crippen LogP contribution in [0, 0.1) is 18.8 Å². The summed E-state index contributed by atoms with van der Waals surface area (Å²) in [6, 6.07) is 5.11. The highest BCUT2D eigenvalue weighted by molar-refractivity contribution is 5.88. The van der Waals surface area contributed by atoms with Crippen LogP contribution in [0.4, 0.5) is 0 Å². The van der Waals surface area contributed by atoms with Gasteiger partial charge in [-0.15, -0.1) is 0 Å². The van der Waals surface area contributed by atoms with E-state index in [4.69, 9.17) is 25.4 Å². The molecule has 1 saturated heterocycles. The van der Waals surface area contributed by atoms with Crippen LogP contribution in [-0.2, 0) is 28.7 Å². The van der Waals surface area contributed by atoms with Gasteiger partial charge in [0.25, 0.3) is 0 Å². The zero-order chi connectivity index (χ0) is 40.2. The molecule has 4 amide bonds.